The number of hydrogen-bond donors (Lipinski definition) is 3. The number of nitrogens with zero attached hydrogens (tertiary/aromatic N) is 4. The van der Waals surface area contributed by atoms with Crippen LogP contribution in [0.2, 0.25) is 0 Å². The Morgan fingerprint density at radius 1 is 1.40 bits per heavy atom. The molecule has 0 aliphatic carbocycles. The molecule has 0 atom stereocenters. The molecule has 2 rings (SSSR count). The molecule has 0 aromatic carbocycles. The van der Waals surface area contributed by atoms with Crippen LogP contribution < -0.4 is 16.6 Å². The average Bonchev–Trinajstić information content (AvgIpc) is 2.85. The van der Waals surface area contributed by atoms with E-state index in [1.165, 1.54) is 12.4 Å². The van der Waals surface area contributed by atoms with Gasteiger partial charge in [0.05, 0.1) is 18.1 Å². The van der Waals surface area contributed by atoms with Crippen molar-refractivity contribution in [3.63, 3.8) is 0 Å². The Labute approximate surface area is 116 Å². The number of nitrogens with two attached hydrogens (primary N) is 1. The molecular weight excluding hydrogens is 258 g/mol. The molecule has 0 bridgehead atoms. The van der Waals surface area contributed by atoms with Gasteiger partial charge in [-0.2, -0.15) is 5.10 Å². The van der Waals surface area contributed by atoms with Crippen molar-refractivity contribution in [1.29, 1.82) is 0 Å². The molecule has 8 nitrogen and oxygen atoms in total. The molecule has 20 heavy (non-hydrogen) atoms. The maximum Gasteiger partial charge on any atom is 0.271 e. The van der Waals surface area contributed by atoms with Gasteiger partial charge >= 0.3 is 0 Å². The summed E-state index contributed by atoms with van der Waals surface area (Å²) in [5, 5.41) is 7.11. The average molecular weight is 275 g/mol. The van der Waals surface area contributed by atoms with Crippen LogP contribution in [-0.2, 0) is 20.0 Å². The fraction of sp³-hybridized carbons (Fsp3) is 0.333. The van der Waals surface area contributed by atoms with Crippen LogP contribution in [0, 0.1) is 0 Å². The third kappa shape index (κ3) is 3.09. The Hall–Kier alpha value is -2.48. The normalized spacial score (nSPS) is 10.3. The smallest absolute Gasteiger partial charge is 0.271 e. The Kier molecular flexibility index (Phi) is 4.26. The van der Waals surface area contributed by atoms with Crippen LogP contribution >= 0.6 is 0 Å². The number of nitrogen functional groups attached to an aromatic ring is 1. The zero-order valence-corrected chi connectivity index (χ0v) is 11.4. The van der Waals surface area contributed by atoms with Gasteiger partial charge in [-0.05, 0) is 6.42 Å². The monoisotopic (exact) mass is 275 g/mol. The molecule has 1 amide bonds. The van der Waals surface area contributed by atoms with Gasteiger partial charge in [0.1, 0.15) is 5.69 Å². The van der Waals surface area contributed by atoms with Gasteiger partial charge in [-0.15, -0.1) is 0 Å². The van der Waals surface area contributed by atoms with Crippen molar-refractivity contribution in [1.82, 2.24) is 25.1 Å². The first-order chi connectivity index (χ1) is 9.63. The lowest BCUT2D eigenvalue weighted by Gasteiger charge is -2.04. The van der Waals surface area contributed by atoms with E-state index in [-0.39, 0.29) is 11.6 Å². The van der Waals surface area contributed by atoms with E-state index in [9.17, 15) is 4.79 Å². The number of rotatable bonds is 5. The van der Waals surface area contributed by atoms with E-state index in [1.54, 1.807) is 4.68 Å². The molecule has 0 aliphatic rings. The summed E-state index contributed by atoms with van der Waals surface area (Å²) in [6.45, 7) is 2.44. The third-order valence-electron chi connectivity index (χ3n) is 2.80. The van der Waals surface area contributed by atoms with E-state index in [1.807, 2.05) is 20.2 Å². The van der Waals surface area contributed by atoms with Crippen LogP contribution in [0.4, 0.5) is 5.82 Å². The van der Waals surface area contributed by atoms with Crippen LogP contribution in [0.15, 0.2) is 18.6 Å². The van der Waals surface area contributed by atoms with Crippen molar-refractivity contribution >= 4 is 11.7 Å². The van der Waals surface area contributed by atoms with E-state index < -0.39 is 0 Å². The fourth-order valence-electron chi connectivity index (χ4n) is 1.81. The third-order valence-corrected chi connectivity index (χ3v) is 2.80. The first-order valence-corrected chi connectivity index (χ1v) is 6.22. The van der Waals surface area contributed by atoms with Gasteiger partial charge in [-0.1, -0.05) is 6.92 Å². The zero-order chi connectivity index (χ0) is 14.5. The second-order valence-corrected chi connectivity index (χ2v) is 4.24. The van der Waals surface area contributed by atoms with Gasteiger partial charge in [-0.25, -0.2) is 15.8 Å². The molecule has 2 heterocycles. The summed E-state index contributed by atoms with van der Waals surface area (Å²) in [4.78, 5) is 19.8. The first-order valence-electron chi connectivity index (χ1n) is 6.22. The van der Waals surface area contributed by atoms with Crippen molar-refractivity contribution in [2.75, 3.05) is 5.43 Å². The second kappa shape index (κ2) is 6.11. The first kappa shape index (κ1) is 13.9. The summed E-state index contributed by atoms with van der Waals surface area (Å²) in [5.41, 5.74) is 4.56. The Morgan fingerprint density at radius 2 is 2.20 bits per heavy atom. The molecule has 0 aliphatic heterocycles. The predicted octanol–water partition coefficient (Wildman–Crippen LogP) is -0.0119. The highest BCUT2D eigenvalue weighted by atomic mass is 16.1. The Bertz CT molecular complexity index is 590. The number of anilines is 1. The highest BCUT2D eigenvalue weighted by molar-refractivity contribution is 5.91. The SMILES string of the molecule is CCc1nn(C)cc1CNC(=O)c1cnc(NN)cn1. The standard InChI is InChI=1S/C12H17N7O/c1-3-9-8(7-19(2)18-9)4-16-12(20)10-5-15-11(17-13)6-14-10/h5-7H,3-4,13H2,1-2H3,(H,15,17)(H,16,20). The largest absolute Gasteiger partial charge is 0.346 e. The minimum atomic E-state index is -0.285. The van der Waals surface area contributed by atoms with Gasteiger partial charge in [0.25, 0.3) is 5.91 Å². The van der Waals surface area contributed by atoms with Gasteiger partial charge in [-0.3, -0.25) is 9.48 Å². The number of aromatic nitrogens is 4. The van der Waals surface area contributed by atoms with E-state index in [4.69, 9.17) is 5.84 Å². The summed E-state index contributed by atoms with van der Waals surface area (Å²) in [7, 11) is 1.86. The van der Waals surface area contributed by atoms with Crippen LogP contribution in [-0.4, -0.2) is 25.7 Å². The lowest BCUT2D eigenvalue weighted by Crippen LogP contribution is -2.24. The van der Waals surface area contributed by atoms with Crippen LogP contribution in [0.5, 0.6) is 0 Å². The number of nitrogens with one attached hydrogen (secondary N) is 2. The molecule has 8 heteroatoms. The van der Waals surface area contributed by atoms with Crippen molar-refractivity contribution < 1.29 is 4.79 Å². The molecule has 0 fully saturated rings. The summed E-state index contributed by atoms with van der Waals surface area (Å²) < 4.78 is 1.74. The molecule has 2 aromatic heterocycles. The van der Waals surface area contributed by atoms with Gasteiger partial charge in [0.15, 0.2) is 5.82 Å². The number of aryl methyl sites for hydroxylation is 2. The van der Waals surface area contributed by atoms with Crippen LogP contribution in [0.1, 0.15) is 28.7 Å². The lowest BCUT2D eigenvalue weighted by atomic mass is 10.2. The minimum Gasteiger partial charge on any atom is -0.346 e. The fourth-order valence-corrected chi connectivity index (χ4v) is 1.81. The Balaban J connectivity index is 2.00. The maximum absolute atomic E-state index is 11.9. The quantitative estimate of drug-likeness (QED) is 0.523. The molecule has 0 saturated heterocycles. The van der Waals surface area contributed by atoms with Crippen LogP contribution in [0.3, 0.4) is 0 Å². The molecule has 0 unspecified atom stereocenters. The predicted molar refractivity (Wildman–Crippen MR) is 73.6 cm³/mol. The molecule has 0 spiro atoms. The van der Waals surface area contributed by atoms with Crippen molar-refractivity contribution in [2.45, 2.75) is 19.9 Å². The Morgan fingerprint density at radius 3 is 2.80 bits per heavy atom. The summed E-state index contributed by atoms with van der Waals surface area (Å²) in [6, 6.07) is 0. The number of carbonyl (C=O) groups is 1. The summed E-state index contributed by atoms with van der Waals surface area (Å²) in [5.74, 6) is 5.30. The second-order valence-electron chi connectivity index (χ2n) is 4.24. The molecule has 0 radical (unpaired) electrons. The van der Waals surface area contributed by atoms with E-state index in [2.05, 4.69) is 25.8 Å². The highest BCUT2D eigenvalue weighted by Gasteiger charge is 2.10. The van der Waals surface area contributed by atoms with E-state index >= 15 is 0 Å². The summed E-state index contributed by atoms with van der Waals surface area (Å²) >= 11 is 0. The lowest BCUT2D eigenvalue weighted by molar-refractivity contribution is 0.0945. The van der Waals surface area contributed by atoms with Crippen molar-refractivity contribution in [2.24, 2.45) is 12.9 Å². The molecule has 2 aromatic rings. The molecule has 106 valence electrons. The summed E-state index contributed by atoms with van der Waals surface area (Å²) in [6.07, 6.45) is 5.49. The van der Waals surface area contributed by atoms with Gasteiger partial charge in [0.2, 0.25) is 0 Å². The van der Waals surface area contributed by atoms with Crippen molar-refractivity contribution in [3.8, 4) is 0 Å². The minimum absolute atomic E-state index is 0.242. The van der Waals surface area contributed by atoms with Crippen LogP contribution in [0.25, 0.3) is 0 Å². The van der Waals surface area contributed by atoms with E-state index in [0.29, 0.717) is 12.4 Å². The maximum atomic E-state index is 11.9. The van der Waals surface area contributed by atoms with Gasteiger partial charge < -0.3 is 10.7 Å². The topological polar surface area (TPSA) is 111 Å². The molecular formula is C12H17N7O. The van der Waals surface area contributed by atoms with Gasteiger partial charge in [0, 0.05) is 25.4 Å². The van der Waals surface area contributed by atoms with E-state index in [0.717, 1.165) is 17.7 Å². The highest BCUT2D eigenvalue weighted by Crippen LogP contribution is 2.07. The molecule has 0 saturated carbocycles. The number of amides is 1. The molecule has 4 N–H and O–H groups in total. The number of carbonyl (C=O) groups excluding carboxylic acids is 1. The van der Waals surface area contributed by atoms with Crippen molar-refractivity contribution in [3.05, 3.63) is 35.5 Å². The number of hydrogen-bond acceptors (Lipinski definition) is 6. The number of hydrazine groups is 1. The zero-order valence-electron chi connectivity index (χ0n) is 11.4.